The molecule has 7 heteroatoms. The summed E-state index contributed by atoms with van der Waals surface area (Å²) in [6.07, 6.45) is 2.04. The Labute approximate surface area is 112 Å². The van der Waals surface area contributed by atoms with Gasteiger partial charge in [-0.05, 0) is 32.9 Å². The Balaban J connectivity index is 0.00000128. The van der Waals surface area contributed by atoms with Crippen molar-refractivity contribution in [2.24, 2.45) is 0 Å². The van der Waals surface area contributed by atoms with Crippen molar-refractivity contribution in [1.82, 2.24) is 15.3 Å². The fourth-order valence-corrected chi connectivity index (χ4v) is 1.98. The Morgan fingerprint density at radius 1 is 1.35 bits per heavy atom. The number of halogens is 2. The third-order valence-electron chi connectivity index (χ3n) is 2.83. The minimum atomic E-state index is -0.955. The van der Waals surface area contributed by atoms with Gasteiger partial charge in [-0.1, -0.05) is 0 Å². The van der Waals surface area contributed by atoms with E-state index in [1.54, 1.807) is 6.92 Å². The monoisotopic (exact) mass is 281 g/mol. The average molecular weight is 282 g/mol. The average Bonchev–Trinajstić information content (AvgIpc) is 2.62. The Hall–Kier alpha value is -0.780. The van der Waals surface area contributed by atoms with Crippen LogP contribution in [0.15, 0.2) is 0 Å². The van der Waals surface area contributed by atoms with Crippen LogP contribution in [0.2, 0.25) is 0 Å². The lowest BCUT2D eigenvalue weighted by Gasteiger charge is -2.20. The van der Waals surface area contributed by atoms with Gasteiger partial charge in [0, 0.05) is 11.6 Å². The number of nitrogens with zero attached hydrogens (tertiary/aromatic N) is 1. The molecule has 0 aromatic carbocycles. The van der Waals surface area contributed by atoms with E-state index in [0.29, 0.717) is 11.6 Å². The van der Waals surface area contributed by atoms with Gasteiger partial charge in [-0.15, -0.1) is 24.8 Å². The molecule has 0 amide bonds. The van der Waals surface area contributed by atoms with Gasteiger partial charge in [-0.2, -0.15) is 0 Å². The maximum absolute atomic E-state index is 10.8. The zero-order valence-electron chi connectivity index (χ0n) is 9.52. The quantitative estimate of drug-likeness (QED) is 0.772. The van der Waals surface area contributed by atoms with Crippen LogP contribution in [0.25, 0.3) is 0 Å². The number of imidazole rings is 1. The zero-order chi connectivity index (χ0) is 10.8. The number of aromatic amines is 1. The third-order valence-corrected chi connectivity index (χ3v) is 2.83. The summed E-state index contributed by atoms with van der Waals surface area (Å²) in [7, 11) is 0. The molecule has 0 radical (unpaired) electrons. The molecule has 0 spiro atoms. The number of carboxylic acid groups (broad SMARTS) is 1. The summed E-state index contributed by atoms with van der Waals surface area (Å²) in [5, 5.41) is 12.2. The summed E-state index contributed by atoms with van der Waals surface area (Å²) < 4.78 is 0. The van der Waals surface area contributed by atoms with Crippen molar-refractivity contribution >= 4 is 30.8 Å². The predicted octanol–water partition coefficient (Wildman–Crippen LogP) is 1.73. The fourth-order valence-electron chi connectivity index (χ4n) is 1.98. The Kier molecular flexibility index (Phi) is 6.52. The smallest absolute Gasteiger partial charge is 0.356 e. The molecule has 0 saturated carbocycles. The predicted molar refractivity (Wildman–Crippen MR) is 69.6 cm³/mol. The standard InChI is InChI=1S/C10H15N3O2.2ClH/c1-6-8(10(14)15)13-9(12-6)7-2-4-11-5-3-7;;/h7,11H,2-5H2,1H3,(H,12,13)(H,14,15);2*1H. The van der Waals surface area contributed by atoms with E-state index in [1.165, 1.54) is 0 Å². The van der Waals surface area contributed by atoms with Crippen LogP contribution < -0.4 is 5.32 Å². The van der Waals surface area contributed by atoms with Gasteiger partial charge in [-0.3, -0.25) is 0 Å². The van der Waals surface area contributed by atoms with Gasteiger partial charge in [0.1, 0.15) is 5.82 Å². The van der Waals surface area contributed by atoms with Crippen LogP contribution in [0.5, 0.6) is 0 Å². The van der Waals surface area contributed by atoms with Crippen LogP contribution in [0.4, 0.5) is 0 Å². The van der Waals surface area contributed by atoms with Crippen molar-refractivity contribution < 1.29 is 9.90 Å². The lowest BCUT2D eigenvalue weighted by Crippen LogP contribution is -2.27. The van der Waals surface area contributed by atoms with Gasteiger partial charge in [0.15, 0.2) is 5.69 Å². The first-order valence-corrected chi connectivity index (χ1v) is 5.19. The number of carbonyl (C=O) groups is 1. The number of hydrogen-bond acceptors (Lipinski definition) is 3. The number of rotatable bonds is 2. The van der Waals surface area contributed by atoms with E-state index < -0.39 is 5.97 Å². The first kappa shape index (κ1) is 16.2. The Morgan fingerprint density at radius 2 is 1.94 bits per heavy atom. The number of hydrogen-bond donors (Lipinski definition) is 3. The highest BCUT2D eigenvalue weighted by Gasteiger charge is 2.21. The normalized spacial score (nSPS) is 15.8. The largest absolute Gasteiger partial charge is 0.476 e. The molecule has 3 N–H and O–H groups in total. The van der Waals surface area contributed by atoms with Crippen LogP contribution in [-0.4, -0.2) is 34.1 Å². The van der Waals surface area contributed by atoms with Crippen LogP contribution in [0.3, 0.4) is 0 Å². The molecule has 2 rings (SSSR count). The number of aryl methyl sites for hydroxylation is 1. The SMILES string of the molecule is Cc1[nH]c(C2CCNCC2)nc1C(=O)O.Cl.Cl. The first-order chi connectivity index (χ1) is 7.18. The minimum Gasteiger partial charge on any atom is -0.476 e. The molecule has 17 heavy (non-hydrogen) atoms. The van der Waals surface area contributed by atoms with E-state index in [-0.39, 0.29) is 30.5 Å². The summed E-state index contributed by atoms with van der Waals surface area (Å²) in [5.41, 5.74) is 0.805. The van der Waals surface area contributed by atoms with Gasteiger partial charge in [0.25, 0.3) is 0 Å². The molecule has 0 atom stereocenters. The van der Waals surface area contributed by atoms with Gasteiger partial charge in [0.05, 0.1) is 0 Å². The van der Waals surface area contributed by atoms with Crippen LogP contribution in [0.1, 0.15) is 40.8 Å². The molecular weight excluding hydrogens is 265 g/mol. The molecule has 98 valence electrons. The highest BCUT2D eigenvalue weighted by molar-refractivity contribution is 5.86. The second-order valence-corrected chi connectivity index (χ2v) is 3.93. The fraction of sp³-hybridized carbons (Fsp3) is 0.600. The van der Waals surface area contributed by atoms with Crippen molar-refractivity contribution in [3.63, 3.8) is 0 Å². The summed E-state index contributed by atoms with van der Waals surface area (Å²) in [5.74, 6) is 0.244. The van der Waals surface area contributed by atoms with E-state index in [0.717, 1.165) is 31.8 Å². The van der Waals surface area contributed by atoms with Crippen LogP contribution in [0, 0.1) is 6.92 Å². The minimum absolute atomic E-state index is 0. The molecule has 0 aliphatic carbocycles. The molecular formula is C10H17Cl2N3O2. The molecule has 0 bridgehead atoms. The number of piperidine rings is 1. The van der Waals surface area contributed by atoms with E-state index in [4.69, 9.17) is 5.11 Å². The second-order valence-electron chi connectivity index (χ2n) is 3.93. The second kappa shape index (κ2) is 6.83. The van der Waals surface area contributed by atoms with Gasteiger partial charge in [-0.25, -0.2) is 9.78 Å². The lowest BCUT2D eigenvalue weighted by atomic mass is 9.98. The van der Waals surface area contributed by atoms with E-state index in [2.05, 4.69) is 15.3 Å². The molecule has 1 aromatic heterocycles. The third kappa shape index (κ3) is 3.59. The van der Waals surface area contributed by atoms with E-state index >= 15 is 0 Å². The first-order valence-electron chi connectivity index (χ1n) is 5.19. The number of H-pyrrole nitrogens is 1. The lowest BCUT2D eigenvalue weighted by molar-refractivity contribution is 0.0690. The zero-order valence-corrected chi connectivity index (χ0v) is 11.2. The molecule has 1 aliphatic rings. The van der Waals surface area contributed by atoms with Gasteiger partial charge >= 0.3 is 5.97 Å². The van der Waals surface area contributed by atoms with Crippen molar-refractivity contribution in [1.29, 1.82) is 0 Å². The maximum Gasteiger partial charge on any atom is 0.356 e. The van der Waals surface area contributed by atoms with Crippen LogP contribution >= 0.6 is 24.8 Å². The van der Waals surface area contributed by atoms with Crippen molar-refractivity contribution in [2.75, 3.05) is 13.1 Å². The molecule has 1 aliphatic heterocycles. The Morgan fingerprint density at radius 3 is 2.41 bits per heavy atom. The molecule has 1 saturated heterocycles. The van der Waals surface area contributed by atoms with Gasteiger partial charge in [0.2, 0.25) is 0 Å². The summed E-state index contributed by atoms with van der Waals surface area (Å²) >= 11 is 0. The summed E-state index contributed by atoms with van der Waals surface area (Å²) in [4.78, 5) is 18.0. The summed E-state index contributed by atoms with van der Waals surface area (Å²) in [6, 6.07) is 0. The molecule has 2 heterocycles. The van der Waals surface area contributed by atoms with E-state index in [9.17, 15) is 4.79 Å². The Bertz CT molecular complexity index is 376. The molecule has 0 unspecified atom stereocenters. The maximum atomic E-state index is 10.8. The van der Waals surface area contributed by atoms with Gasteiger partial charge < -0.3 is 15.4 Å². The van der Waals surface area contributed by atoms with E-state index in [1.807, 2.05) is 0 Å². The molecule has 1 fully saturated rings. The van der Waals surface area contributed by atoms with Crippen molar-refractivity contribution in [3.05, 3.63) is 17.2 Å². The highest BCUT2D eigenvalue weighted by Crippen LogP contribution is 2.23. The highest BCUT2D eigenvalue weighted by atomic mass is 35.5. The molecule has 5 nitrogen and oxygen atoms in total. The summed E-state index contributed by atoms with van der Waals surface area (Å²) in [6.45, 7) is 3.71. The number of aromatic nitrogens is 2. The van der Waals surface area contributed by atoms with Crippen molar-refractivity contribution in [2.45, 2.75) is 25.7 Å². The van der Waals surface area contributed by atoms with Crippen LogP contribution in [-0.2, 0) is 0 Å². The topological polar surface area (TPSA) is 78.0 Å². The number of carboxylic acids is 1. The number of aromatic carboxylic acids is 1. The van der Waals surface area contributed by atoms with Crippen molar-refractivity contribution in [3.8, 4) is 0 Å². The molecule has 1 aromatic rings. The number of nitrogens with one attached hydrogen (secondary N) is 2.